The number of hydrogen-bond acceptors (Lipinski definition) is 8. The van der Waals surface area contributed by atoms with Crippen LogP contribution in [0.3, 0.4) is 0 Å². The maximum absolute atomic E-state index is 12.2. The van der Waals surface area contributed by atoms with E-state index in [4.69, 9.17) is 9.72 Å². The third kappa shape index (κ3) is 4.99. The fourth-order valence-electron chi connectivity index (χ4n) is 3.74. The van der Waals surface area contributed by atoms with Gasteiger partial charge in [-0.1, -0.05) is 13.0 Å². The van der Waals surface area contributed by atoms with Crippen LogP contribution >= 0.6 is 0 Å². The zero-order valence-electron chi connectivity index (χ0n) is 18.6. The number of nitrogens with one attached hydrogen (secondary N) is 2. The first-order chi connectivity index (χ1) is 15.9. The Morgan fingerprint density at radius 3 is 2.64 bits per heavy atom. The predicted molar refractivity (Wildman–Crippen MR) is 129 cm³/mol. The molecule has 2 heterocycles. The minimum absolute atomic E-state index is 0.0531. The van der Waals surface area contributed by atoms with Crippen LogP contribution in [0.1, 0.15) is 24.5 Å². The van der Waals surface area contributed by atoms with Gasteiger partial charge in [-0.3, -0.25) is 9.71 Å². The van der Waals surface area contributed by atoms with Gasteiger partial charge in [0.15, 0.2) is 0 Å². The molecule has 0 radical (unpaired) electrons. The van der Waals surface area contributed by atoms with E-state index in [2.05, 4.69) is 26.0 Å². The van der Waals surface area contributed by atoms with Crippen molar-refractivity contribution in [2.24, 2.45) is 0 Å². The van der Waals surface area contributed by atoms with Crippen molar-refractivity contribution in [1.29, 1.82) is 5.26 Å². The number of nitriles is 1. The molecule has 33 heavy (non-hydrogen) atoms. The Morgan fingerprint density at radius 2 is 1.91 bits per heavy atom. The molecule has 172 valence electrons. The van der Waals surface area contributed by atoms with Crippen LogP contribution in [0.5, 0.6) is 0 Å². The maximum Gasteiger partial charge on any atom is 0.232 e. The Hall–Kier alpha value is -3.42. The summed E-state index contributed by atoms with van der Waals surface area (Å²) in [6.07, 6.45) is 2.25. The summed E-state index contributed by atoms with van der Waals surface area (Å²) < 4.78 is 32.5. The summed E-state index contributed by atoms with van der Waals surface area (Å²) in [4.78, 5) is 11.3. The Morgan fingerprint density at radius 1 is 1.15 bits per heavy atom. The summed E-state index contributed by atoms with van der Waals surface area (Å²) in [5.41, 5.74) is 4.04. The van der Waals surface area contributed by atoms with Crippen LogP contribution < -0.4 is 14.9 Å². The average molecular weight is 467 g/mol. The van der Waals surface area contributed by atoms with E-state index in [1.165, 1.54) is 0 Å². The number of ether oxygens (including phenoxy) is 1. The molecule has 10 heteroatoms. The van der Waals surface area contributed by atoms with Gasteiger partial charge in [-0.05, 0) is 43.2 Å². The van der Waals surface area contributed by atoms with Gasteiger partial charge in [0.25, 0.3) is 0 Å². The topological polar surface area (TPSA) is 120 Å². The summed E-state index contributed by atoms with van der Waals surface area (Å²) in [5.74, 6) is 0.764. The second-order valence-corrected chi connectivity index (χ2v) is 9.66. The standard InChI is InChI=1S/C23H26N6O3S/c1-3-13-33(30,31)28-19-6-4-5-18(16(19)2)26-20-7-8-21-23(17(20)14-24)27-22(15-25-21)29-9-11-32-12-10-29/h4-8,15,26,28H,3,9-13H2,1-2H3. The number of sulfonamides is 1. The van der Waals surface area contributed by atoms with Crippen molar-refractivity contribution in [3.8, 4) is 6.07 Å². The lowest BCUT2D eigenvalue weighted by atomic mass is 10.1. The zero-order chi connectivity index (χ0) is 23.4. The summed E-state index contributed by atoms with van der Waals surface area (Å²) in [7, 11) is -3.42. The number of rotatable bonds is 7. The molecule has 1 fully saturated rings. The van der Waals surface area contributed by atoms with Gasteiger partial charge in [-0.25, -0.2) is 13.4 Å². The Labute approximate surface area is 193 Å². The van der Waals surface area contributed by atoms with Gasteiger partial charge in [-0.15, -0.1) is 0 Å². The summed E-state index contributed by atoms with van der Waals surface area (Å²) in [6.45, 7) is 6.35. The lowest BCUT2D eigenvalue weighted by molar-refractivity contribution is 0.122. The summed E-state index contributed by atoms with van der Waals surface area (Å²) in [6, 6.07) is 11.2. The molecule has 1 saturated heterocycles. The zero-order valence-corrected chi connectivity index (χ0v) is 19.4. The minimum atomic E-state index is -3.42. The third-order valence-corrected chi connectivity index (χ3v) is 6.97. The van der Waals surface area contributed by atoms with Crippen molar-refractivity contribution in [2.75, 3.05) is 47.0 Å². The molecule has 1 aromatic heterocycles. The SMILES string of the molecule is CCCS(=O)(=O)Nc1cccc(Nc2ccc3ncc(N4CCOCC4)nc3c2C#N)c1C. The minimum Gasteiger partial charge on any atom is -0.378 e. The molecule has 0 aliphatic carbocycles. The summed E-state index contributed by atoms with van der Waals surface area (Å²) >= 11 is 0. The molecule has 0 unspecified atom stereocenters. The third-order valence-electron chi connectivity index (χ3n) is 5.49. The van der Waals surface area contributed by atoms with Crippen molar-refractivity contribution in [1.82, 2.24) is 9.97 Å². The molecular formula is C23H26N6O3S. The van der Waals surface area contributed by atoms with Crippen molar-refractivity contribution in [2.45, 2.75) is 20.3 Å². The number of hydrogen-bond donors (Lipinski definition) is 2. The van der Waals surface area contributed by atoms with Gasteiger partial charge in [0.1, 0.15) is 23.0 Å². The van der Waals surface area contributed by atoms with Crippen LogP contribution in [0, 0.1) is 18.3 Å². The van der Waals surface area contributed by atoms with E-state index in [1.807, 2.05) is 26.0 Å². The molecule has 2 aromatic carbocycles. The van der Waals surface area contributed by atoms with Crippen LogP contribution in [0.2, 0.25) is 0 Å². The van der Waals surface area contributed by atoms with Gasteiger partial charge >= 0.3 is 0 Å². The molecule has 9 nitrogen and oxygen atoms in total. The molecule has 0 amide bonds. The predicted octanol–water partition coefficient (Wildman–Crippen LogP) is 3.54. The van der Waals surface area contributed by atoms with Gasteiger partial charge < -0.3 is 15.0 Å². The van der Waals surface area contributed by atoms with Crippen LogP contribution in [0.25, 0.3) is 11.0 Å². The van der Waals surface area contributed by atoms with E-state index < -0.39 is 10.0 Å². The second-order valence-electron chi connectivity index (χ2n) is 7.82. The number of aromatic nitrogens is 2. The maximum atomic E-state index is 12.2. The molecule has 0 atom stereocenters. The van der Waals surface area contributed by atoms with Crippen molar-refractivity contribution in [3.63, 3.8) is 0 Å². The highest BCUT2D eigenvalue weighted by Gasteiger charge is 2.17. The fourth-order valence-corrected chi connectivity index (χ4v) is 4.94. The average Bonchev–Trinajstić information content (AvgIpc) is 2.81. The van der Waals surface area contributed by atoms with Crippen LogP contribution in [0.15, 0.2) is 36.5 Å². The first kappa shape index (κ1) is 22.8. The van der Waals surface area contributed by atoms with E-state index in [1.54, 1.807) is 24.4 Å². The van der Waals surface area contributed by atoms with Crippen LogP contribution in [0.4, 0.5) is 22.9 Å². The van der Waals surface area contributed by atoms with Gasteiger partial charge in [0.2, 0.25) is 10.0 Å². The van der Waals surface area contributed by atoms with E-state index in [-0.39, 0.29) is 5.75 Å². The van der Waals surface area contributed by atoms with E-state index >= 15 is 0 Å². The molecule has 1 aliphatic heterocycles. The Kier molecular flexibility index (Phi) is 6.62. The quantitative estimate of drug-likeness (QED) is 0.542. The number of fused-ring (bicyclic) bond motifs is 1. The molecule has 4 rings (SSSR count). The Bertz CT molecular complexity index is 1310. The van der Waals surface area contributed by atoms with Gasteiger partial charge in [0.05, 0.1) is 42.1 Å². The lowest BCUT2D eigenvalue weighted by Gasteiger charge is -2.27. The Balaban J connectivity index is 1.69. The number of nitrogens with zero attached hydrogens (tertiary/aromatic N) is 4. The van der Waals surface area contributed by atoms with Crippen molar-refractivity contribution >= 4 is 43.9 Å². The highest BCUT2D eigenvalue weighted by molar-refractivity contribution is 7.92. The number of benzene rings is 2. The van der Waals surface area contributed by atoms with Gasteiger partial charge in [0, 0.05) is 18.8 Å². The molecule has 0 spiro atoms. The highest BCUT2D eigenvalue weighted by atomic mass is 32.2. The summed E-state index contributed by atoms with van der Waals surface area (Å²) in [5, 5.41) is 13.2. The second kappa shape index (κ2) is 9.60. The number of anilines is 4. The molecule has 0 saturated carbocycles. The number of morpholine rings is 1. The largest absolute Gasteiger partial charge is 0.378 e. The first-order valence-electron chi connectivity index (χ1n) is 10.8. The normalized spacial score (nSPS) is 14.2. The van der Waals surface area contributed by atoms with Crippen LogP contribution in [-0.2, 0) is 14.8 Å². The van der Waals surface area contributed by atoms with E-state index in [0.29, 0.717) is 59.1 Å². The van der Waals surface area contributed by atoms with Crippen LogP contribution in [-0.4, -0.2) is 50.4 Å². The van der Waals surface area contributed by atoms with Crippen molar-refractivity contribution in [3.05, 3.63) is 47.7 Å². The molecule has 1 aliphatic rings. The molecule has 3 aromatic rings. The molecular weight excluding hydrogens is 440 g/mol. The molecule has 2 N–H and O–H groups in total. The monoisotopic (exact) mass is 466 g/mol. The fraction of sp³-hybridized carbons (Fsp3) is 0.348. The lowest BCUT2D eigenvalue weighted by Crippen LogP contribution is -2.36. The first-order valence-corrected chi connectivity index (χ1v) is 12.5. The van der Waals surface area contributed by atoms with Crippen molar-refractivity contribution < 1.29 is 13.2 Å². The van der Waals surface area contributed by atoms with E-state index in [0.717, 1.165) is 18.7 Å². The van der Waals surface area contributed by atoms with E-state index in [9.17, 15) is 13.7 Å². The highest BCUT2D eigenvalue weighted by Crippen LogP contribution is 2.31. The molecule has 0 bridgehead atoms. The van der Waals surface area contributed by atoms with Gasteiger partial charge in [-0.2, -0.15) is 5.26 Å². The smallest absolute Gasteiger partial charge is 0.232 e.